The minimum absolute atomic E-state index is 0.0891. The highest BCUT2D eigenvalue weighted by Crippen LogP contribution is 2.18. The van der Waals surface area contributed by atoms with Gasteiger partial charge in [-0.1, -0.05) is 34.1 Å². The topological polar surface area (TPSA) is 46.9 Å². The summed E-state index contributed by atoms with van der Waals surface area (Å²) in [6, 6.07) is 17.3. The van der Waals surface area contributed by atoms with E-state index < -0.39 is 0 Å². The Morgan fingerprint density at radius 3 is 2.42 bits per heavy atom. The average Bonchev–Trinajstić information content (AvgIpc) is 2.88. The van der Waals surface area contributed by atoms with Crippen LogP contribution in [0.25, 0.3) is 5.69 Å². The molecule has 3 aromatic rings. The number of carbonyl (C=O) groups excluding carboxylic acids is 1. The SMILES string of the molecule is Cc1nn(-c2ccccc2)c(C)c1CNC(=O)c1ccc(Br)cc1. The van der Waals surface area contributed by atoms with Crippen LogP contribution in [0.4, 0.5) is 0 Å². The van der Waals surface area contributed by atoms with E-state index in [0.717, 1.165) is 27.1 Å². The number of amides is 1. The summed E-state index contributed by atoms with van der Waals surface area (Å²) < 4.78 is 2.87. The molecule has 0 saturated carbocycles. The van der Waals surface area contributed by atoms with Crippen molar-refractivity contribution < 1.29 is 4.79 Å². The van der Waals surface area contributed by atoms with Crippen LogP contribution in [0, 0.1) is 13.8 Å². The van der Waals surface area contributed by atoms with Crippen molar-refractivity contribution in [2.75, 3.05) is 0 Å². The first-order valence-electron chi connectivity index (χ1n) is 7.70. The lowest BCUT2D eigenvalue weighted by atomic mass is 10.1. The number of nitrogens with one attached hydrogen (secondary N) is 1. The van der Waals surface area contributed by atoms with E-state index in [1.807, 2.05) is 61.0 Å². The molecule has 0 atom stereocenters. The first-order chi connectivity index (χ1) is 11.6. The van der Waals surface area contributed by atoms with Crippen LogP contribution in [-0.2, 0) is 6.54 Å². The molecule has 2 aromatic carbocycles. The molecule has 1 heterocycles. The van der Waals surface area contributed by atoms with Crippen LogP contribution in [0.3, 0.4) is 0 Å². The van der Waals surface area contributed by atoms with Gasteiger partial charge in [0.1, 0.15) is 0 Å². The number of rotatable bonds is 4. The maximum absolute atomic E-state index is 12.3. The van der Waals surface area contributed by atoms with Crippen molar-refractivity contribution in [2.24, 2.45) is 0 Å². The molecular weight excluding hydrogens is 366 g/mol. The number of benzene rings is 2. The van der Waals surface area contributed by atoms with Gasteiger partial charge in [0.15, 0.2) is 0 Å². The molecule has 0 bridgehead atoms. The molecule has 122 valence electrons. The van der Waals surface area contributed by atoms with Gasteiger partial charge in [-0.2, -0.15) is 5.10 Å². The third-order valence-electron chi connectivity index (χ3n) is 3.97. The Kier molecular flexibility index (Phi) is 4.81. The molecule has 0 saturated heterocycles. The van der Waals surface area contributed by atoms with E-state index in [2.05, 4.69) is 26.3 Å². The van der Waals surface area contributed by atoms with Gasteiger partial charge in [0.2, 0.25) is 0 Å². The van der Waals surface area contributed by atoms with Crippen LogP contribution < -0.4 is 5.32 Å². The summed E-state index contributed by atoms with van der Waals surface area (Å²) in [6.45, 7) is 4.45. The molecule has 0 unspecified atom stereocenters. The summed E-state index contributed by atoms with van der Waals surface area (Å²) >= 11 is 3.37. The summed E-state index contributed by atoms with van der Waals surface area (Å²) in [6.07, 6.45) is 0. The van der Waals surface area contributed by atoms with Gasteiger partial charge in [-0.3, -0.25) is 4.79 Å². The molecule has 24 heavy (non-hydrogen) atoms. The lowest BCUT2D eigenvalue weighted by Crippen LogP contribution is -2.23. The first-order valence-corrected chi connectivity index (χ1v) is 8.50. The number of para-hydroxylation sites is 1. The highest BCUT2D eigenvalue weighted by Gasteiger charge is 2.14. The van der Waals surface area contributed by atoms with Gasteiger partial charge in [0, 0.05) is 27.8 Å². The molecule has 0 fully saturated rings. The van der Waals surface area contributed by atoms with Crippen molar-refractivity contribution in [2.45, 2.75) is 20.4 Å². The zero-order chi connectivity index (χ0) is 17.1. The zero-order valence-corrected chi connectivity index (χ0v) is 15.2. The summed E-state index contributed by atoms with van der Waals surface area (Å²) in [5.74, 6) is -0.0891. The number of aromatic nitrogens is 2. The van der Waals surface area contributed by atoms with Crippen LogP contribution in [0.2, 0.25) is 0 Å². The van der Waals surface area contributed by atoms with Crippen LogP contribution in [0.5, 0.6) is 0 Å². The molecule has 5 heteroatoms. The van der Waals surface area contributed by atoms with Gasteiger partial charge < -0.3 is 5.32 Å². The third kappa shape index (κ3) is 3.41. The Morgan fingerprint density at radius 2 is 1.75 bits per heavy atom. The van der Waals surface area contributed by atoms with Gasteiger partial charge in [0.05, 0.1) is 11.4 Å². The standard InChI is InChI=1S/C19H18BrN3O/c1-13-18(12-21-19(24)15-8-10-16(20)11-9-15)14(2)23(22-13)17-6-4-3-5-7-17/h3-11H,12H2,1-2H3,(H,21,24). The Hall–Kier alpha value is -2.40. The second-order valence-corrected chi connectivity index (χ2v) is 6.50. The Bertz CT molecular complexity index is 854. The predicted molar refractivity (Wildman–Crippen MR) is 98.4 cm³/mol. The predicted octanol–water partition coefficient (Wildman–Crippen LogP) is 4.18. The largest absolute Gasteiger partial charge is 0.348 e. The summed E-state index contributed by atoms with van der Waals surface area (Å²) in [5, 5.41) is 7.58. The number of hydrogen-bond acceptors (Lipinski definition) is 2. The second-order valence-electron chi connectivity index (χ2n) is 5.59. The Morgan fingerprint density at radius 1 is 1.08 bits per heavy atom. The molecule has 0 aliphatic rings. The van der Waals surface area contributed by atoms with Crippen LogP contribution >= 0.6 is 15.9 Å². The lowest BCUT2D eigenvalue weighted by molar-refractivity contribution is 0.0951. The van der Waals surface area contributed by atoms with Gasteiger partial charge in [-0.05, 0) is 50.2 Å². The van der Waals surface area contributed by atoms with Crippen LogP contribution in [-0.4, -0.2) is 15.7 Å². The van der Waals surface area contributed by atoms with E-state index in [1.54, 1.807) is 12.1 Å². The van der Waals surface area contributed by atoms with Crippen molar-refractivity contribution in [1.82, 2.24) is 15.1 Å². The van der Waals surface area contributed by atoms with Gasteiger partial charge in [-0.15, -0.1) is 0 Å². The molecule has 0 spiro atoms. The quantitative estimate of drug-likeness (QED) is 0.734. The Labute approximate surface area is 149 Å². The van der Waals surface area contributed by atoms with Crippen LogP contribution in [0.15, 0.2) is 59.1 Å². The van der Waals surface area contributed by atoms with Gasteiger partial charge >= 0.3 is 0 Å². The number of carbonyl (C=O) groups is 1. The third-order valence-corrected chi connectivity index (χ3v) is 4.50. The van der Waals surface area contributed by atoms with Crippen molar-refractivity contribution in [3.05, 3.63) is 81.6 Å². The minimum atomic E-state index is -0.0891. The lowest BCUT2D eigenvalue weighted by Gasteiger charge is -2.07. The fraction of sp³-hybridized carbons (Fsp3) is 0.158. The molecule has 1 N–H and O–H groups in total. The highest BCUT2D eigenvalue weighted by molar-refractivity contribution is 9.10. The monoisotopic (exact) mass is 383 g/mol. The minimum Gasteiger partial charge on any atom is -0.348 e. The summed E-state index contributed by atoms with van der Waals surface area (Å²) in [5.41, 5.74) is 4.67. The summed E-state index contributed by atoms with van der Waals surface area (Å²) in [7, 11) is 0. The smallest absolute Gasteiger partial charge is 0.251 e. The van der Waals surface area contributed by atoms with Crippen molar-refractivity contribution in [1.29, 1.82) is 0 Å². The van der Waals surface area contributed by atoms with Crippen LogP contribution in [0.1, 0.15) is 27.3 Å². The average molecular weight is 384 g/mol. The van der Waals surface area contributed by atoms with E-state index in [-0.39, 0.29) is 5.91 Å². The number of nitrogens with zero attached hydrogens (tertiary/aromatic N) is 2. The molecular formula is C19H18BrN3O. The van der Waals surface area contributed by atoms with Gasteiger partial charge in [0.25, 0.3) is 5.91 Å². The number of halogens is 1. The molecule has 0 aliphatic carbocycles. The normalized spacial score (nSPS) is 10.6. The fourth-order valence-corrected chi connectivity index (χ4v) is 2.89. The Balaban J connectivity index is 1.77. The molecule has 0 aliphatic heterocycles. The number of hydrogen-bond donors (Lipinski definition) is 1. The second kappa shape index (κ2) is 7.01. The van der Waals surface area contributed by atoms with E-state index >= 15 is 0 Å². The van der Waals surface area contributed by atoms with Crippen molar-refractivity contribution >= 4 is 21.8 Å². The van der Waals surface area contributed by atoms with Crippen molar-refractivity contribution in [3.63, 3.8) is 0 Å². The summed E-state index contributed by atoms with van der Waals surface area (Å²) in [4.78, 5) is 12.3. The van der Waals surface area contributed by atoms with E-state index in [4.69, 9.17) is 0 Å². The van der Waals surface area contributed by atoms with E-state index in [1.165, 1.54) is 0 Å². The fourth-order valence-electron chi connectivity index (χ4n) is 2.62. The maximum Gasteiger partial charge on any atom is 0.251 e. The zero-order valence-electron chi connectivity index (χ0n) is 13.6. The maximum atomic E-state index is 12.3. The van der Waals surface area contributed by atoms with E-state index in [0.29, 0.717) is 12.1 Å². The van der Waals surface area contributed by atoms with Gasteiger partial charge in [-0.25, -0.2) is 4.68 Å². The molecule has 4 nitrogen and oxygen atoms in total. The number of aryl methyl sites for hydroxylation is 1. The first kappa shape index (κ1) is 16.5. The highest BCUT2D eigenvalue weighted by atomic mass is 79.9. The molecule has 0 radical (unpaired) electrons. The molecule has 3 rings (SSSR count). The van der Waals surface area contributed by atoms with E-state index in [9.17, 15) is 4.79 Å². The molecule has 1 aromatic heterocycles. The van der Waals surface area contributed by atoms with Crippen molar-refractivity contribution in [3.8, 4) is 5.69 Å². The molecule has 1 amide bonds.